The van der Waals surface area contributed by atoms with E-state index in [0.29, 0.717) is 57.2 Å². The van der Waals surface area contributed by atoms with E-state index in [-0.39, 0.29) is 24.0 Å². The molecule has 2 heterocycles. The molecule has 0 spiro atoms. The highest BCUT2D eigenvalue weighted by Crippen LogP contribution is 2.37. The maximum Gasteiger partial charge on any atom is 0.416 e. The molecule has 1 saturated heterocycles. The van der Waals surface area contributed by atoms with E-state index in [2.05, 4.69) is 21.0 Å². The number of benzene rings is 1. The van der Waals surface area contributed by atoms with Gasteiger partial charge in [0, 0.05) is 31.7 Å². The van der Waals surface area contributed by atoms with Crippen molar-refractivity contribution in [2.45, 2.75) is 37.9 Å². The second-order valence-corrected chi connectivity index (χ2v) is 7.93. The van der Waals surface area contributed by atoms with Crippen LogP contribution in [-0.4, -0.2) is 32.3 Å². The summed E-state index contributed by atoms with van der Waals surface area (Å²) in [5.74, 6) is 0.663. The van der Waals surface area contributed by atoms with Crippen LogP contribution in [0.3, 0.4) is 0 Å². The summed E-state index contributed by atoms with van der Waals surface area (Å²) in [7, 11) is 0. The first kappa shape index (κ1) is 24.9. The lowest BCUT2D eigenvalue weighted by Crippen LogP contribution is -2.48. The fourth-order valence-electron chi connectivity index (χ4n) is 3.50. The topological polar surface area (TPSA) is 45.7 Å². The van der Waals surface area contributed by atoms with Gasteiger partial charge in [-0.05, 0) is 53.8 Å². The number of rotatable bonds is 6. The van der Waals surface area contributed by atoms with Crippen molar-refractivity contribution in [3.05, 3.63) is 57.8 Å². The van der Waals surface area contributed by atoms with Gasteiger partial charge in [0.15, 0.2) is 5.96 Å². The van der Waals surface area contributed by atoms with Crippen molar-refractivity contribution >= 4 is 41.3 Å². The van der Waals surface area contributed by atoms with Gasteiger partial charge in [-0.25, -0.2) is 4.99 Å². The third-order valence-corrected chi connectivity index (χ3v) is 5.92. The first-order valence-electron chi connectivity index (χ1n) is 9.72. The molecule has 3 rings (SSSR count). The lowest BCUT2D eigenvalue weighted by atomic mass is 9.73. The highest BCUT2D eigenvalue weighted by Gasteiger charge is 2.37. The molecule has 9 heteroatoms. The van der Waals surface area contributed by atoms with E-state index >= 15 is 0 Å². The number of aliphatic imine (C=N–C) groups is 1. The maximum atomic E-state index is 13.2. The Morgan fingerprint density at radius 2 is 1.97 bits per heavy atom. The molecular formula is C21H27F3IN3OS. The van der Waals surface area contributed by atoms with Gasteiger partial charge in [0.05, 0.1) is 12.1 Å². The number of guanidine groups is 1. The fraction of sp³-hybridized carbons (Fsp3) is 0.476. The smallest absolute Gasteiger partial charge is 0.381 e. The Morgan fingerprint density at radius 3 is 2.60 bits per heavy atom. The molecule has 166 valence electrons. The number of nitrogens with zero attached hydrogens (tertiary/aromatic N) is 1. The summed E-state index contributed by atoms with van der Waals surface area (Å²) in [5.41, 5.74) is 0.777. The van der Waals surface area contributed by atoms with Gasteiger partial charge in [-0.2, -0.15) is 24.5 Å². The van der Waals surface area contributed by atoms with Crippen LogP contribution < -0.4 is 10.6 Å². The molecule has 0 radical (unpaired) electrons. The molecule has 0 bridgehead atoms. The predicted molar refractivity (Wildman–Crippen MR) is 126 cm³/mol. The van der Waals surface area contributed by atoms with E-state index in [9.17, 15) is 13.2 Å². The quantitative estimate of drug-likeness (QED) is 0.294. The SMILES string of the molecule is CCNC(=NCc1ccsc1)NCC1(c2cccc(C(F)(F)F)c2)CCOCC1.I. The molecule has 1 aliphatic heterocycles. The van der Waals surface area contributed by atoms with Crippen molar-refractivity contribution in [2.24, 2.45) is 4.99 Å². The molecule has 1 aromatic heterocycles. The standard InChI is InChI=1S/C21H26F3N3OS.HI/c1-2-25-19(26-13-16-6-11-29-14-16)27-15-20(7-9-28-10-8-20)17-4-3-5-18(12-17)21(22,23)24;/h3-6,11-12,14H,2,7-10,13,15H2,1H3,(H2,25,26,27);1H. The van der Waals surface area contributed by atoms with Gasteiger partial charge in [0.2, 0.25) is 0 Å². The minimum absolute atomic E-state index is 0. The molecule has 1 aromatic carbocycles. The van der Waals surface area contributed by atoms with Crippen molar-refractivity contribution in [3.8, 4) is 0 Å². The Bertz CT molecular complexity index is 806. The summed E-state index contributed by atoms with van der Waals surface area (Å²) in [4.78, 5) is 4.61. The highest BCUT2D eigenvalue weighted by atomic mass is 127. The summed E-state index contributed by atoms with van der Waals surface area (Å²) in [5, 5.41) is 10.6. The highest BCUT2D eigenvalue weighted by molar-refractivity contribution is 14.0. The van der Waals surface area contributed by atoms with E-state index in [1.807, 2.05) is 18.4 Å². The van der Waals surface area contributed by atoms with Crippen molar-refractivity contribution < 1.29 is 17.9 Å². The largest absolute Gasteiger partial charge is 0.416 e. The van der Waals surface area contributed by atoms with Gasteiger partial charge in [0.25, 0.3) is 0 Å². The second-order valence-electron chi connectivity index (χ2n) is 7.15. The van der Waals surface area contributed by atoms with Gasteiger partial charge in [-0.1, -0.05) is 18.2 Å². The number of hydrogen-bond donors (Lipinski definition) is 2. The van der Waals surface area contributed by atoms with Gasteiger partial charge in [-0.15, -0.1) is 24.0 Å². The molecule has 2 aromatic rings. The second kappa shape index (κ2) is 11.3. The van der Waals surface area contributed by atoms with E-state index in [1.165, 1.54) is 12.1 Å². The Labute approximate surface area is 196 Å². The zero-order valence-corrected chi connectivity index (χ0v) is 19.9. The molecule has 0 amide bonds. The van der Waals surface area contributed by atoms with Crippen LogP contribution in [0, 0.1) is 0 Å². The monoisotopic (exact) mass is 553 g/mol. The molecule has 1 fully saturated rings. The maximum absolute atomic E-state index is 13.2. The van der Waals surface area contributed by atoms with Gasteiger partial charge >= 0.3 is 6.18 Å². The Morgan fingerprint density at radius 1 is 1.20 bits per heavy atom. The molecule has 0 atom stereocenters. The molecule has 0 saturated carbocycles. The molecule has 30 heavy (non-hydrogen) atoms. The van der Waals surface area contributed by atoms with Crippen molar-refractivity contribution in [2.75, 3.05) is 26.3 Å². The normalized spacial score (nSPS) is 16.6. The molecule has 4 nitrogen and oxygen atoms in total. The average molecular weight is 553 g/mol. The van der Waals surface area contributed by atoms with Gasteiger partial charge in [-0.3, -0.25) is 0 Å². The predicted octanol–water partition coefficient (Wildman–Crippen LogP) is 5.19. The summed E-state index contributed by atoms with van der Waals surface area (Å²) < 4.78 is 45.2. The Hall–Kier alpha value is -1.33. The number of alkyl halides is 3. The first-order chi connectivity index (χ1) is 13.9. The van der Waals surface area contributed by atoms with Crippen molar-refractivity contribution in [3.63, 3.8) is 0 Å². The minimum atomic E-state index is -4.35. The summed E-state index contributed by atoms with van der Waals surface area (Å²) in [6, 6.07) is 7.71. The molecular weight excluding hydrogens is 526 g/mol. The van der Waals surface area contributed by atoms with Crippen LogP contribution in [-0.2, 0) is 22.9 Å². The van der Waals surface area contributed by atoms with Crippen molar-refractivity contribution in [1.82, 2.24) is 10.6 Å². The van der Waals surface area contributed by atoms with Crippen LogP contribution >= 0.6 is 35.3 Å². The van der Waals surface area contributed by atoms with E-state index in [0.717, 1.165) is 11.6 Å². The third-order valence-electron chi connectivity index (χ3n) is 5.19. The van der Waals surface area contributed by atoms with Crippen LogP contribution in [0.5, 0.6) is 0 Å². The molecule has 0 aliphatic carbocycles. The first-order valence-corrected chi connectivity index (χ1v) is 10.7. The molecule has 0 unspecified atom stereocenters. The number of hydrogen-bond acceptors (Lipinski definition) is 3. The van der Waals surface area contributed by atoms with Crippen LogP contribution in [0.15, 0.2) is 46.1 Å². The van der Waals surface area contributed by atoms with E-state index in [1.54, 1.807) is 17.4 Å². The fourth-order valence-corrected chi connectivity index (χ4v) is 4.16. The van der Waals surface area contributed by atoms with Crippen LogP contribution in [0.25, 0.3) is 0 Å². The Kier molecular flexibility index (Phi) is 9.42. The zero-order valence-electron chi connectivity index (χ0n) is 16.8. The summed E-state index contributed by atoms with van der Waals surface area (Å²) >= 11 is 1.62. The van der Waals surface area contributed by atoms with Crippen LogP contribution in [0.1, 0.15) is 36.5 Å². The Balaban J connectivity index is 0.00000320. The van der Waals surface area contributed by atoms with Crippen LogP contribution in [0.2, 0.25) is 0 Å². The summed E-state index contributed by atoms with van der Waals surface area (Å²) in [6.07, 6.45) is -3.04. The number of halogens is 4. The van der Waals surface area contributed by atoms with Gasteiger partial charge in [0.1, 0.15) is 0 Å². The zero-order chi connectivity index (χ0) is 20.7. The number of ether oxygens (including phenoxy) is 1. The lowest BCUT2D eigenvalue weighted by molar-refractivity contribution is -0.137. The molecule has 1 aliphatic rings. The number of thiophene rings is 1. The van der Waals surface area contributed by atoms with E-state index < -0.39 is 17.2 Å². The minimum Gasteiger partial charge on any atom is -0.381 e. The van der Waals surface area contributed by atoms with Crippen LogP contribution in [0.4, 0.5) is 13.2 Å². The molecule has 2 N–H and O–H groups in total. The van der Waals surface area contributed by atoms with E-state index in [4.69, 9.17) is 4.74 Å². The number of nitrogens with one attached hydrogen (secondary N) is 2. The summed E-state index contributed by atoms with van der Waals surface area (Å²) in [6.45, 7) is 4.79. The van der Waals surface area contributed by atoms with Gasteiger partial charge < -0.3 is 15.4 Å². The average Bonchev–Trinajstić information content (AvgIpc) is 3.24. The third kappa shape index (κ3) is 6.58. The lowest BCUT2D eigenvalue weighted by Gasteiger charge is -2.38. The van der Waals surface area contributed by atoms with Crippen molar-refractivity contribution in [1.29, 1.82) is 0 Å².